The van der Waals surface area contributed by atoms with Crippen LogP contribution in [-0.4, -0.2) is 10.5 Å². The lowest BCUT2D eigenvalue weighted by Crippen LogP contribution is -2.55. The Hall–Kier alpha value is -0.890. The first-order valence-electron chi connectivity index (χ1n) is 7.94. The first-order valence-corrected chi connectivity index (χ1v) is 7.94. The van der Waals surface area contributed by atoms with Crippen LogP contribution in [0.25, 0.3) is 0 Å². The molecule has 0 aromatic carbocycles. The van der Waals surface area contributed by atoms with Gasteiger partial charge in [0.05, 0.1) is 0 Å². The highest BCUT2D eigenvalue weighted by Gasteiger charge is 2.50. The van der Waals surface area contributed by atoms with Gasteiger partial charge in [-0.1, -0.05) is 33.8 Å². The molecule has 0 spiro atoms. The third-order valence-corrected chi connectivity index (χ3v) is 5.22. The maximum Gasteiger partial charge on any atom is 0.0484 e. The minimum atomic E-state index is -0.0924. The molecule has 2 aliphatic rings. The zero-order valence-electron chi connectivity index (χ0n) is 13.4. The maximum atomic E-state index is 6.99. The fraction of sp³-hybridized carbons (Fsp3) is 0.722. The van der Waals surface area contributed by atoms with Gasteiger partial charge >= 0.3 is 0 Å². The number of aromatic nitrogens is 1. The Bertz CT molecular complexity index is 500. The summed E-state index contributed by atoms with van der Waals surface area (Å²) in [6, 6.07) is 4.28. The van der Waals surface area contributed by atoms with E-state index >= 15 is 0 Å². The average Bonchev–Trinajstić information content (AvgIpc) is 2.67. The quantitative estimate of drug-likeness (QED) is 0.837. The van der Waals surface area contributed by atoms with Crippen molar-refractivity contribution in [2.45, 2.75) is 71.3 Å². The summed E-state index contributed by atoms with van der Waals surface area (Å²) in [5, 5.41) is 0. The number of nitrogens with zero attached hydrogens (tertiary/aromatic N) is 1. The Kier molecular flexibility index (Phi) is 3.02. The minimum absolute atomic E-state index is 0.0924. The van der Waals surface area contributed by atoms with Gasteiger partial charge in [0.1, 0.15) is 0 Å². The van der Waals surface area contributed by atoms with Crippen molar-refractivity contribution in [3.05, 3.63) is 29.6 Å². The van der Waals surface area contributed by atoms with E-state index in [4.69, 9.17) is 5.73 Å². The van der Waals surface area contributed by atoms with E-state index in [1.807, 2.05) is 6.20 Å². The lowest BCUT2D eigenvalue weighted by atomic mass is 9.55. The molecule has 0 aliphatic heterocycles. The van der Waals surface area contributed by atoms with Gasteiger partial charge in [-0.25, -0.2) is 0 Å². The molecule has 0 amide bonds. The molecule has 0 saturated heterocycles. The molecule has 1 aromatic heterocycles. The van der Waals surface area contributed by atoms with E-state index in [1.54, 1.807) is 0 Å². The van der Waals surface area contributed by atoms with Crippen LogP contribution in [0, 0.1) is 10.8 Å². The summed E-state index contributed by atoms with van der Waals surface area (Å²) >= 11 is 0. The number of aryl methyl sites for hydroxylation is 1. The fourth-order valence-electron chi connectivity index (χ4n) is 5.48. The predicted octanol–water partition coefficient (Wildman–Crippen LogP) is 4.05. The molecule has 110 valence electrons. The molecule has 1 heterocycles. The van der Waals surface area contributed by atoms with Gasteiger partial charge in [0.25, 0.3) is 0 Å². The van der Waals surface area contributed by atoms with E-state index in [9.17, 15) is 0 Å². The molecule has 3 rings (SSSR count). The van der Waals surface area contributed by atoms with Gasteiger partial charge in [-0.15, -0.1) is 0 Å². The predicted molar refractivity (Wildman–Crippen MR) is 83.6 cm³/mol. The zero-order valence-corrected chi connectivity index (χ0v) is 13.4. The van der Waals surface area contributed by atoms with Crippen molar-refractivity contribution in [3.63, 3.8) is 0 Å². The third-order valence-electron chi connectivity index (χ3n) is 5.22. The topological polar surface area (TPSA) is 38.9 Å². The molecule has 0 bridgehead atoms. The molecule has 2 N–H and O–H groups in total. The van der Waals surface area contributed by atoms with Crippen LogP contribution in [0.2, 0.25) is 0 Å². The molecule has 1 fully saturated rings. The van der Waals surface area contributed by atoms with Gasteiger partial charge in [0.15, 0.2) is 0 Å². The number of nitrogens with two attached hydrogens (primary N) is 1. The van der Waals surface area contributed by atoms with E-state index in [-0.39, 0.29) is 5.54 Å². The number of pyridine rings is 1. The smallest absolute Gasteiger partial charge is 0.0484 e. The molecule has 20 heavy (non-hydrogen) atoms. The summed E-state index contributed by atoms with van der Waals surface area (Å²) in [5.41, 5.74) is 10.3. The molecule has 1 unspecified atom stereocenters. The lowest BCUT2D eigenvalue weighted by Gasteiger charge is -2.52. The van der Waals surface area contributed by atoms with Gasteiger partial charge in [-0.05, 0) is 54.6 Å². The monoisotopic (exact) mass is 272 g/mol. The standard InChI is InChI=1S/C18H28N2/c1-16(2)10-17(3,4)12-18(19,11-16)14-8-7-13-6-5-9-20-15(13)14/h5-6,9,14H,7-8,10-12,19H2,1-4H3. The number of hydrogen-bond acceptors (Lipinski definition) is 2. The molecule has 2 heteroatoms. The van der Waals surface area contributed by atoms with Crippen molar-refractivity contribution in [1.29, 1.82) is 0 Å². The second kappa shape index (κ2) is 4.30. The number of hydrogen-bond donors (Lipinski definition) is 1. The van der Waals surface area contributed by atoms with Crippen LogP contribution in [0.1, 0.15) is 70.6 Å². The largest absolute Gasteiger partial charge is 0.324 e. The van der Waals surface area contributed by atoms with Crippen LogP contribution in [-0.2, 0) is 6.42 Å². The molecule has 0 radical (unpaired) electrons. The van der Waals surface area contributed by atoms with E-state index < -0.39 is 0 Å². The SMILES string of the molecule is CC1(C)CC(C)(C)CC(N)(C2CCc3cccnc32)C1. The molecule has 1 saturated carbocycles. The third kappa shape index (κ3) is 2.39. The van der Waals surface area contributed by atoms with Crippen molar-refractivity contribution >= 4 is 0 Å². The zero-order chi connectivity index (χ0) is 14.6. The fourth-order valence-corrected chi connectivity index (χ4v) is 5.48. The van der Waals surface area contributed by atoms with Crippen LogP contribution >= 0.6 is 0 Å². The van der Waals surface area contributed by atoms with Gasteiger partial charge < -0.3 is 5.73 Å². The summed E-state index contributed by atoms with van der Waals surface area (Å²) in [5.74, 6) is 0.442. The summed E-state index contributed by atoms with van der Waals surface area (Å²) < 4.78 is 0. The number of rotatable bonds is 1. The van der Waals surface area contributed by atoms with Crippen LogP contribution in [0.5, 0.6) is 0 Å². The van der Waals surface area contributed by atoms with Crippen molar-refractivity contribution in [1.82, 2.24) is 4.98 Å². The van der Waals surface area contributed by atoms with E-state index in [0.29, 0.717) is 16.7 Å². The molecule has 2 aliphatic carbocycles. The molecule has 1 aromatic rings. The first kappa shape index (κ1) is 14.1. The summed E-state index contributed by atoms with van der Waals surface area (Å²) in [7, 11) is 0. The molecule has 2 nitrogen and oxygen atoms in total. The lowest BCUT2D eigenvalue weighted by molar-refractivity contribution is 0.0341. The normalized spacial score (nSPS) is 29.9. The molecule has 1 atom stereocenters. The van der Waals surface area contributed by atoms with Gasteiger partial charge in [-0.3, -0.25) is 4.98 Å². The van der Waals surface area contributed by atoms with Crippen molar-refractivity contribution in [2.24, 2.45) is 16.6 Å². The van der Waals surface area contributed by atoms with E-state index in [2.05, 4.69) is 44.8 Å². The maximum absolute atomic E-state index is 6.99. The van der Waals surface area contributed by atoms with Crippen LogP contribution in [0.3, 0.4) is 0 Å². The number of fused-ring (bicyclic) bond motifs is 1. The molecular weight excluding hydrogens is 244 g/mol. The van der Waals surface area contributed by atoms with Gasteiger partial charge in [0, 0.05) is 23.3 Å². The highest BCUT2D eigenvalue weighted by atomic mass is 14.8. The van der Waals surface area contributed by atoms with E-state index in [0.717, 1.165) is 19.3 Å². The Morgan fingerprint density at radius 2 is 1.75 bits per heavy atom. The minimum Gasteiger partial charge on any atom is -0.324 e. The summed E-state index contributed by atoms with van der Waals surface area (Å²) in [6.07, 6.45) is 7.75. The van der Waals surface area contributed by atoms with Crippen LogP contribution in [0.4, 0.5) is 0 Å². The van der Waals surface area contributed by atoms with Crippen molar-refractivity contribution in [3.8, 4) is 0 Å². The van der Waals surface area contributed by atoms with Crippen LogP contribution in [0.15, 0.2) is 18.3 Å². The second-order valence-corrected chi connectivity index (χ2v) is 8.73. The average molecular weight is 272 g/mol. The van der Waals surface area contributed by atoms with Crippen LogP contribution < -0.4 is 5.73 Å². The second-order valence-electron chi connectivity index (χ2n) is 8.73. The summed E-state index contributed by atoms with van der Waals surface area (Å²) in [4.78, 5) is 4.68. The van der Waals surface area contributed by atoms with E-state index in [1.165, 1.54) is 24.1 Å². The van der Waals surface area contributed by atoms with Crippen molar-refractivity contribution in [2.75, 3.05) is 0 Å². The molecular formula is C18H28N2. The summed E-state index contributed by atoms with van der Waals surface area (Å²) in [6.45, 7) is 9.52. The Morgan fingerprint density at radius 1 is 1.10 bits per heavy atom. The highest BCUT2D eigenvalue weighted by molar-refractivity contribution is 5.32. The first-order chi connectivity index (χ1) is 9.21. The Morgan fingerprint density at radius 3 is 2.40 bits per heavy atom. The highest BCUT2D eigenvalue weighted by Crippen LogP contribution is 2.55. The van der Waals surface area contributed by atoms with Crippen molar-refractivity contribution < 1.29 is 0 Å². The van der Waals surface area contributed by atoms with Gasteiger partial charge in [0.2, 0.25) is 0 Å². The Balaban J connectivity index is 1.97. The van der Waals surface area contributed by atoms with Gasteiger partial charge in [-0.2, -0.15) is 0 Å². The Labute approximate surface area is 123 Å².